The third kappa shape index (κ3) is 3.30. The Hall–Kier alpha value is -1.36. The van der Waals surface area contributed by atoms with E-state index in [0.717, 1.165) is 18.9 Å². The summed E-state index contributed by atoms with van der Waals surface area (Å²) in [5.41, 5.74) is 0. The number of likely N-dealkylation sites (N-methyl/N-ethyl adjacent to an activating group) is 1. The molecule has 5 heteroatoms. The number of hydrogen-bond acceptors (Lipinski definition) is 5. The zero-order chi connectivity index (χ0) is 12.1. The molecule has 0 aromatic carbocycles. The maximum atomic E-state index is 5.37. The minimum Gasteiger partial charge on any atom is -0.478 e. The molecule has 17 heavy (non-hydrogen) atoms. The third-order valence-electron chi connectivity index (χ3n) is 2.97. The Kier molecular flexibility index (Phi) is 4.14. The van der Waals surface area contributed by atoms with E-state index in [-0.39, 0.29) is 0 Å². The summed E-state index contributed by atoms with van der Waals surface area (Å²) in [5, 5.41) is 3.48. The van der Waals surface area contributed by atoms with Crippen LogP contribution in [-0.4, -0.2) is 42.8 Å². The van der Waals surface area contributed by atoms with Crippen molar-refractivity contribution < 1.29 is 4.74 Å². The lowest BCUT2D eigenvalue weighted by Gasteiger charge is -2.22. The van der Waals surface area contributed by atoms with Crippen molar-refractivity contribution in [2.45, 2.75) is 25.8 Å². The number of rotatable bonds is 5. The molecule has 0 radical (unpaired) electrons. The van der Waals surface area contributed by atoms with Crippen molar-refractivity contribution in [3.8, 4) is 5.88 Å². The fourth-order valence-corrected chi connectivity index (χ4v) is 2.10. The minimum absolute atomic E-state index is 0.575. The van der Waals surface area contributed by atoms with Gasteiger partial charge in [0.2, 0.25) is 5.88 Å². The minimum atomic E-state index is 0.575. The van der Waals surface area contributed by atoms with Gasteiger partial charge in [-0.25, -0.2) is 9.97 Å². The van der Waals surface area contributed by atoms with Crippen molar-refractivity contribution in [1.82, 2.24) is 15.3 Å². The second kappa shape index (κ2) is 5.82. The molecule has 0 amide bonds. The zero-order valence-corrected chi connectivity index (χ0v) is 10.5. The maximum absolute atomic E-state index is 5.37. The predicted octanol–water partition coefficient (Wildman–Crippen LogP) is 1.06. The summed E-state index contributed by atoms with van der Waals surface area (Å²) in [4.78, 5) is 10.5. The molecule has 1 aliphatic heterocycles. The van der Waals surface area contributed by atoms with Gasteiger partial charge in [0.1, 0.15) is 12.1 Å². The highest BCUT2D eigenvalue weighted by atomic mass is 16.5. The molecule has 0 aliphatic carbocycles. The Labute approximate surface area is 102 Å². The van der Waals surface area contributed by atoms with Gasteiger partial charge in [-0.1, -0.05) is 0 Å². The summed E-state index contributed by atoms with van der Waals surface area (Å²) in [5.74, 6) is 1.56. The van der Waals surface area contributed by atoms with Crippen molar-refractivity contribution in [2.75, 3.05) is 31.6 Å². The van der Waals surface area contributed by atoms with E-state index in [1.165, 1.54) is 12.8 Å². The Bertz CT molecular complexity index is 352. The Morgan fingerprint density at radius 3 is 3.12 bits per heavy atom. The van der Waals surface area contributed by atoms with Crippen LogP contribution in [0.15, 0.2) is 12.4 Å². The first kappa shape index (κ1) is 12.1. The summed E-state index contributed by atoms with van der Waals surface area (Å²) < 4.78 is 5.37. The molecular weight excluding hydrogens is 216 g/mol. The number of hydrogen-bond donors (Lipinski definition) is 1. The maximum Gasteiger partial charge on any atom is 0.218 e. The van der Waals surface area contributed by atoms with E-state index >= 15 is 0 Å². The SMILES string of the molecule is CCOc1cc(N(C)CC2CCCN2)ncn1. The second-order valence-corrected chi connectivity index (χ2v) is 4.32. The van der Waals surface area contributed by atoms with E-state index in [0.29, 0.717) is 18.5 Å². The van der Waals surface area contributed by atoms with Gasteiger partial charge in [0.05, 0.1) is 6.61 Å². The normalized spacial score (nSPS) is 19.3. The average Bonchev–Trinajstić information content (AvgIpc) is 2.83. The molecule has 1 unspecified atom stereocenters. The van der Waals surface area contributed by atoms with Gasteiger partial charge >= 0.3 is 0 Å². The highest BCUT2D eigenvalue weighted by Crippen LogP contribution is 2.16. The Morgan fingerprint density at radius 1 is 1.53 bits per heavy atom. The molecule has 1 aliphatic rings. The third-order valence-corrected chi connectivity index (χ3v) is 2.97. The lowest BCUT2D eigenvalue weighted by Crippen LogP contribution is -2.35. The van der Waals surface area contributed by atoms with Crippen LogP contribution in [0.2, 0.25) is 0 Å². The highest BCUT2D eigenvalue weighted by Gasteiger charge is 2.16. The number of aromatic nitrogens is 2. The summed E-state index contributed by atoms with van der Waals surface area (Å²) in [6.07, 6.45) is 4.07. The van der Waals surface area contributed by atoms with Gasteiger partial charge in [-0.2, -0.15) is 0 Å². The van der Waals surface area contributed by atoms with Crippen LogP contribution in [0.3, 0.4) is 0 Å². The fraction of sp³-hybridized carbons (Fsp3) is 0.667. The van der Waals surface area contributed by atoms with Crippen LogP contribution >= 0.6 is 0 Å². The molecule has 1 N–H and O–H groups in total. The average molecular weight is 236 g/mol. The van der Waals surface area contributed by atoms with Crippen molar-refractivity contribution in [2.24, 2.45) is 0 Å². The molecule has 2 heterocycles. The van der Waals surface area contributed by atoms with Gasteiger partial charge in [0, 0.05) is 25.7 Å². The van der Waals surface area contributed by atoms with Gasteiger partial charge in [-0.05, 0) is 26.3 Å². The predicted molar refractivity (Wildman–Crippen MR) is 67.5 cm³/mol. The largest absolute Gasteiger partial charge is 0.478 e. The van der Waals surface area contributed by atoms with Gasteiger partial charge in [0.25, 0.3) is 0 Å². The molecule has 1 aromatic rings. The lowest BCUT2D eigenvalue weighted by atomic mass is 10.2. The van der Waals surface area contributed by atoms with E-state index < -0.39 is 0 Å². The number of nitrogens with zero attached hydrogens (tertiary/aromatic N) is 3. The van der Waals surface area contributed by atoms with Crippen LogP contribution in [0.5, 0.6) is 5.88 Å². The van der Waals surface area contributed by atoms with E-state index in [1.807, 2.05) is 13.0 Å². The molecule has 1 saturated heterocycles. The van der Waals surface area contributed by atoms with E-state index in [2.05, 4.69) is 27.2 Å². The number of nitrogens with one attached hydrogen (secondary N) is 1. The number of ether oxygens (including phenoxy) is 1. The van der Waals surface area contributed by atoms with Crippen molar-refractivity contribution in [3.05, 3.63) is 12.4 Å². The Balaban J connectivity index is 1.97. The molecule has 5 nitrogen and oxygen atoms in total. The highest BCUT2D eigenvalue weighted by molar-refractivity contribution is 5.40. The Morgan fingerprint density at radius 2 is 2.41 bits per heavy atom. The molecule has 0 spiro atoms. The first-order valence-electron chi connectivity index (χ1n) is 6.19. The molecule has 94 valence electrons. The molecule has 1 atom stereocenters. The first-order valence-corrected chi connectivity index (χ1v) is 6.19. The van der Waals surface area contributed by atoms with Crippen LogP contribution in [0.1, 0.15) is 19.8 Å². The van der Waals surface area contributed by atoms with Crippen molar-refractivity contribution in [3.63, 3.8) is 0 Å². The van der Waals surface area contributed by atoms with Crippen molar-refractivity contribution >= 4 is 5.82 Å². The van der Waals surface area contributed by atoms with Crippen molar-refractivity contribution in [1.29, 1.82) is 0 Å². The van der Waals surface area contributed by atoms with Crippen LogP contribution in [0.4, 0.5) is 5.82 Å². The van der Waals surface area contributed by atoms with Crippen LogP contribution in [0.25, 0.3) is 0 Å². The van der Waals surface area contributed by atoms with Gasteiger partial charge in [-0.15, -0.1) is 0 Å². The first-order chi connectivity index (χ1) is 8.29. The van der Waals surface area contributed by atoms with E-state index in [1.54, 1.807) is 6.33 Å². The second-order valence-electron chi connectivity index (χ2n) is 4.32. The molecule has 1 fully saturated rings. The van der Waals surface area contributed by atoms with E-state index in [9.17, 15) is 0 Å². The molecule has 0 bridgehead atoms. The molecule has 2 rings (SSSR count). The summed E-state index contributed by atoms with van der Waals surface area (Å²) in [6, 6.07) is 2.46. The fourth-order valence-electron chi connectivity index (χ4n) is 2.10. The lowest BCUT2D eigenvalue weighted by molar-refractivity contribution is 0.326. The standard InChI is InChI=1S/C12H20N4O/c1-3-17-12-7-11(14-9-15-12)16(2)8-10-5-4-6-13-10/h7,9-10,13H,3-6,8H2,1-2H3. The molecular formula is C12H20N4O. The zero-order valence-electron chi connectivity index (χ0n) is 10.5. The summed E-state index contributed by atoms with van der Waals surface area (Å²) >= 11 is 0. The van der Waals surface area contributed by atoms with Crippen LogP contribution in [0, 0.1) is 0 Å². The number of anilines is 1. The smallest absolute Gasteiger partial charge is 0.218 e. The van der Waals surface area contributed by atoms with Crippen LogP contribution in [-0.2, 0) is 0 Å². The quantitative estimate of drug-likeness (QED) is 0.828. The van der Waals surface area contributed by atoms with E-state index in [4.69, 9.17) is 4.74 Å². The monoisotopic (exact) mass is 236 g/mol. The molecule has 1 aromatic heterocycles. The summed E-state index contributed by atoms with van der Waals surface area (Å²) in [7, 11) is 2.05. The van der Waals surface area contributed by atoms with Gasteiger partial charge < -0.3 is 15.0 Å². The van der Waals surface area contributed by atoms with Gasteiger partial charge in [-0.3, -0.25) is 0 Å². The van der Waals surface area contributed by atoms with Crippen LogP contribution < -0.4 is 15.0 Å². The topological polar surface area (TPSA) is 50.3 Å². The van der Waals surface area contributed by atoms with Gasteiger partial charge in [0.15, 0.2) is 0 Å². The summed E-state index contributed by atoms with van der Waals surface area (Å²) in [6.45, 7) is 4.69. The molecule has 0 saturated carbocycles.